The van der Waals surface area contributed by atoms with Gasteiger partial charge in [-0.15, -0.1) is 0 Å². The van der Waals surface area contributed by atoms with Gasteiger partial charge >= 0.3 is 0 Å². The zero-order chi connectivity index (χ0) is 17.9. The Morgan fingerprint density at radius 2 is 2.00 bits per heavy atom. The van der Waals surface area contributed by atoms with Crippen LogP contribution in [-0.2, 0) is 0 Å². The number of piperidine rings is 1. The minimum Gasteiger partial charge on any atom is -0.493 e. The van der Waals surface area contributed by atoms with Crippen molar-refractivity contribution in [1.29, 1.82) is 0 Å². The van der Waals surface area contributed by atoms with Gasteiger partial charge in [0.2, 0.25) is 0 Å². The average molecular weight is 357 g/mol. The summed E-state index contributed by atoms with van der Waals surface area (Å²) in [6, 6.07) is 7.70. The number of aromatic nitrogens is 2. The van der Waals surface area contributed by atoms with Gasteiger partial charge in [0.1, 0.15) is 5.75 Å². The Labute approximate surface area is 156 Å². The summed E-state index contributed by atoms with van der Waals surface area (Å²) in [6.45, 7) is 7.85. The second kappa shape index (κ2) is 7.97. The van der Waals surface area contributed by atoms with Gasteiger partial charge in [-0.1, -0.05) is 0 Å². The molecule has 1 atom stereocenters. The van der Waals surface area contributed by atoms with Crippen LogP contribution in [0.15, 0.2) is 24.5 Å². The van der Waals surface area contributed by atoms with Crippen molar-refractivity contribution in [1.82, 2.24) is 19.4 Å². The summed E-state index contributed by atoms with van der Waals surface area (Å²) in [7, 11) is 2.20. The fraction of sp³-hybridized carbons (Fsp3) is 0.667. The molecule has 5 heteroatoms. The van der Waals surface area contributed by atoms with E-state index in [0.29, 0.717) is 6.04 Å². The number of ether oxygens (including phenoxy) is 1. The summed E-state index contributed by atoms with van der Waals surface area (Å²) >= 11 is 0. The molecule has 2 aliphatic rings. The molecule has 5 nitrogen and oxygen atoms in total. The zero-order valence-corrected chi connectivity index (χ0v) is 16.2. The van der Waals surface area contributed by atoms with Crippen molar-refractivity contribution in [3.8, 4) is 5.75 Å². The Balaban J connectivity index is 1.33. The first-order valence-corrected chi connectivity index (χ1v) is 10.2. The van der Waals surface area contributed by atoms with Crippen molar-refractivity contribution in [2.24, 2.45) is 0 Å². The van der Waals surface area contributed by atoms with Gasteiger partial charge < -0.3 is 19.1 Å². The van der Waals surface area contributed by atoms with Crippen molar-refractivity contribution in [2.75, 3.05) is 39.8 Å². The zero-order valence-electron chi connectivity index (χ0n) is 16.2. The van der Waals surface area contributed by atoms with Gasteiger partial charge in [-0.05, 0) is 77.8 Å². The molecule has 3 heterocycles. The first-order valence-electron chi connectivity index (χ1n) is 10.2. The summed E-state index contributed by atoms with van der Waals surface area (Å²) in [5.41, 5.74) is 2.28. The number of imidazole rings is 1. The SMILES string of the molecule is C[C@@H]1CCCN1CCCOc1ccc2c(c1)ncn2C1CCN(C)CC1. The number of fused-ring (bicyclic) bond motifs is 1. The van der Waals surface area contributed by atoms with Crippen molar-refractivity contribution in [2.45, 2.75) is 51.1 Å². The molecule has 2 fully saturated rings. The van der Waals surface area contributed by atoms with E-state index in [1.807, 2.05) is 6.33 Å². The van der Waals surface area contributed by atoms with Crippen molar-refractivity contribution >= 4 is 11.0 Å². The van der Waals surface area contributed by atoms with Gasteiger partial charge in [0.15, 0.2) is 0 Å². The fourth-order valence-electron chi connectivity index (χ4n) is 4.45. The predicted molar refractivity (Wildman–Crippen MR) is 106 cm³/mol. The highest BCUT2D eigenvalue weighted by Crippen LogP contribution is 2.28. The molecule has 0 unspecified atom stereocenters. The van der Waals surface area contributed by atoms with Crippen LogP contribution in [-0.4, -0.2) is 65.2 Å². The molecule has 0 radical (unpaired) electrons. The highest BCUT2D eigenvalue weighted by Gasteiger charge is 2.20. The van der Waals surface area contributed by atoms with E-state index < -0.39 is 0 Å². The maximum Gasteiger partial charge on any atom is 0.121 e. The topological polar surface area (TPSA) is 33.5 Å². The van der Waals surface area contributed by atoms with E-state index in [1.54, 1.807) is 0 Å². The Hall–Kier alpha value is -1.59. The largest absolute Gasteiger partial charge is 0.493 e. The summed E-state index contributed by atoms with van der Waals surface area (Å²) in [4.78, 5) is 9.62. The van der Waals surface area contributed by atoms with Crippen LogP contribution in [0.5, 0.6) is 5.75 Å². The second-order valence-electron chi connectivity index (χ2n) is 8.07. The minimum absolute atomic E-state index is 0.574. The molecular weight excluding hydrogens is 324 g/mol. The average Bonchev–Trinajstić information content (AvgIpc) is 3.25. The Morgan fingerprint density at radius 3 is 2.77 bits per heavy atom. The number of hydrogen-bond donors (Lipinski definition) is 0. The van der Waals surface area contributed by atoms with E-state index in [0.717, 1.165) is 36.9 Å². The summed E-state index contributed by atoms with van der Waals surface area (Å²) in [6.07, 6.45) is 8.20. The summed E-state index contributed by atoms with van der Waals surface area (Å²) < 4.78 is 8.36. The normalized spacial score (nSPS) is 23.1. The maximum atomic E-state index is 6.00. The van der Waals surface area contributed by atoms with Crippen LogP contribution in [0.25, 0.3) is 11.0 Å². The van der Waals surface area contributed by atoms with Gasteiger partial charge in [0.25, 0.3) is 0 Å². The van der Waals surface area contributed by atoms with Gasteiger partial charge in [0, 0.05) is 24.7 Å². The molecule has 4 rings (SSSR count). The van der Waals surface area contributed by atoms with Crippen LogP contribution in [0.2, 0.25) is 0 Å². The fourth-order valence-corrected chi connectivity index (χ4v) is 4.45. The third-order valence-corrected chi connectivity index (χ3v) is 6.18. The molecular formula is C21H32N4O. The van der Waals surface area contributed by atoms with Crippen LogP contribution >= 0.6 is 0 Å². The number of hydrogen-bond acceptors (Lipinski definition) is 4. The van der Waals surface area contributed by atoms with Crippen LogP contribution in [0.1, 0.15) is 45.1 Å². The lowest BCUT2D eigenvalue weighted by Gasteiger charge is -2.30. The van der Waals surface area contributed by atoms with E-state index >= 15 is 0 Å². The summed E-state index contributed by atoms with van der Waals surface area (Å²) in [5, 5.41) is 0. The third-order valence-electron chi connectivity index (χ3n) is 6.18. The van der Waals surface area contributed by atoms with Crippen molar-refractivity contribution in [3.63, 3.8) is 0 Å². The lowest BCUT2D eigenvalue weighted by atomic mass is 10.1. The van der Waals surface area contributed by atoms with Crippen molar-refractivity contribution in [3.05, 3.63) is 24.5 Å². The maximum absolute atomic E-state index is 6.00. The molecule has 0 amide bonds. The molecule has 142 valence electrons. The molecule has 26 heavy (non-hydrogen) atoms. The molecule has 1 aromatic carbocycles. The summed E-state index contributed by atoms with van der Waals surface area (Å²) in [5.74, 6) is 0.945. The van der Waals surface area contributed by atoms with E-state index in [2.05, 4.69) is 51.5 Å². The van der Waals surface area contributed by atoms with Gasteiger partial charge in [-0.2, -0.15) is 0 Å². The molecule has 2 aliphatic heterocycles. The van der Waals surface area contributed by atoms with Crippen LogP contribution in [0.3, 0.4) is 0 Å². The van der Waals surface area contributed by atoms with Gasteiger partial charge in [-0.25, -0.2) is 4.98 Å². The highest BCUT2D eigenvalue weighted by atomic mass is 16.5. The number of benzene rings is 1. The third kappa shape index (κ3) is 3.89. The van der Waals surface area contributed by atoms with E-state index in [-0.39, 0.29) is 0 Å². The number of likely N-dealkylation sites (tertiary alicyclic amines) is 2. The Morgan fingerprint density at radius 1 is 1.15 bits per heavy atom. The Kier molecular flexibility index (Phi) is 5.46. The minimum atomic E-state index is 0.574. The highest BCUT2D eigenvalue weighted by molar-refractivity contribution is 5.77. The first-order chi connectivity index (χ1) is 12.7. The number of nitrogens with zero attached hydrogens (tertiary/aromatic N) is 4. The Bertz CT molecular complexity index is 720. The van der Waals surface area contributed by atoms with E-state index in [4.69, 9.17) is 4.74 Å². The molecule has 0 N–H and O–H groups in total. The number of rotatable bonds is 6. The first kappa shape index (κ1) is 17.8. The second-order valence-corrected chi connectivity index (χ2v) is 8.07. The van der Waals surface area contributed by atoms with Gasteiger partial charge in [-0.3, -0.25) is 0 Å². The van der Waals surface area contributed by atoms with E-state index in [1.165, 1.54) is 50.8 Å². The predicted octanol–water partition coefficient (Wildman–Crippen LogP) is 3.56. The molecule has 1 aromatic heterocycles. The van der Waals surface area contributed by atoms with Crippen LogP contribution < -0.4 is 4.74 Å². The quantitative estimate of drug-likeness (QED) is 0.741. The molecule has 0 saturated carbocycles. The van der Waals surface area contributed by atoms with Crippen molar-refractivity contribution < 1.29 is 4.74 Å². The lowest BCUT2D eigenvalue weighted by molar-refractivity contribution is 0.223. The van der Waals surface area contributed by atoms with E-state index in [9.17, 15) is 0 Å². The van der Waals surface area contributed by atoms with Gasteiger partial charge in [0.05, 0.1) is 24.0 Å². The standard InChI is InChI=1S/C21H32N4O/c1-17-5-3-10-24(17)11-4-14-26-19-6-7-21-20(15-19)22-16-25(21)18-8-12-23(2)13-9-18/h6-7,15-18H,3-5,8-14H2,1-2H3/t17-/m1/s1. The monoisotopic (exact) mass is 356 g/mol. The molecule has 0 spiro atoms. The molecule has 0 bridgehead atoms. The molecule has 0 aliphatic carbocycles. The molecule has 2 aromatic rings. The lowest BCUT2D eigenvalue weighted by Crippen LogP contribution is -2.31. The van der Waals surface area contributed by atoms with Crippen LogP contribution in [0.4, 0.5) is 0 Å². The molecule has 2 saturated heterocycles. The van der Waals surface area contributed by atoms with Crippen LogP contribution in [0, 0.1) is 0 Å². The smallest absolute Gasteiger partial charge is 0.121 e.